The minimum Gasteiger partial charge on any atom is -0.384 e. The zero-order chi connectivity index (χ0) is 43.6. The molecular formula is C50H60FN9O3. The van der Waals surface area contributed by atoms with Gasteiger partial charge in [-0.05, 0) is 149 Å². The number of benzene rings is 1. The molecule has 0 radical (unpaired) electrons. The summed E-state index contributed by atoms with van der Waals surface area (Å²) in [7, 11) is 0. The molecule has 12 nitrogen and oxygen atoms in total. The van der Waals surface area contributed by atoms with Gasteiger partial charge in [-0.25, -0.2) is 9.37 Å². The van der Waals surface area contributed by atoms with Crippen LogP contribution in [0, 0.1) is 17.7 Å². The van der Waals surface area contributed by atoms with E-state index in [2.05, 4.69) is 68.5 Å². The highest BCUT2D eigenvalue weighted by Gasteiger charge is 2.33. The number of nitrogens with zero attached hydrogens (tertiary/aromatic N) is 6. The number of halogens is 1. The quantitative estimate of drug-likeness (QED) is 0.142. The summed E-state index contributed by atoms with van der Waals surface area (Å²) in [5, 5.41) is 5.34. The molecule has 330 valence electrons. The summed E-state index contributed by atoms with van der Waals surface area (Å²) < 4.78 is 15.2. The maximum atomic E-state index is 15.2. The minimum absolute atomic E-state index is 0.0496. The Kier molecular flexibility index (Phi) is 12.7. The topological polar surface area (TPSA) is 150 Å². The molecule has 9 rings (SSSR count). The number of pyridine rings is 3. The van der Waals surface area contributed by atoms with E-state index in [-0.39, 0.29) is 30.0 Å². The van der Waals surface area contributed by atoms with Crippen molar-refractivity contribution < 1.29 is 18.8 Å². The van der Waals surface area contributed by atoms with E-state index in [0.717, 1.165) is 113 Å². The van der Waals surface area contributed by atoms with Gasteiger partial charge in [0.2, 0.25) is 11.8 Å². The molecule has 63 heavy (non-hydrogen) atoms. The van der Waals surface area contributed by atoms with Gasteiger partial charge in [-0.2, -0.15) is 0 Å². The van der Waals surface area contributed by atoms with Crippen LogP contribution in [0.15, 0.2) is 72.7 Å². The number of hydrogen-bond donors (Lipinski definition) is 3. The lowest BCUT2D eigenvalue weighted by molar-refractivity contribution is -0.133. The fourth-order valence-electron chi connectivity index (χ4n) is 10.8. The lowest BCUT2D eigenvalue weighted by atomic mass is 9.80. The second-order valence-corrected chi connectivity index (χ2v) is 18.6. The van der Waals surface area contributed by atoms with Crippen LogP contribution in [0.1, 0.15) is 110 Å². The number of imide groups is 1. The average Bonchev–Trinajstić information content (AvgIpc) is 3.30. The van der Waals surface area contributed by atoms with Crippen LogP contribution in [-0.4, -0.2) is 105 Å². The summed E-state index contributed by atoms with van der Waals surface area (Å²) in [5.41, 5.74) is 14.9. The average molecular weight is 854 g/mol. The van der Waals surface area contributed by atoms with E-state index in [1.807, 2.05) is 41.6 Å². The molecule has 0 bridgehead atoms. The van der Waals surface area contributed by atoms with Crippen molar-refractivity contribution in [3.8, 4) is 11.1 Å². The largest absolute Gasteiger partial charge is 0.384 e. The first kappa shape index (κ1) is 42.8. The Labute approximate surface area is 369 Å². The Morgan fingerprint density at radius 2 is 1.63 bits per heavy atom. The molecule has 1 aromatic carbocycles. The Hall–Kier alpha value is -5.53. The van der Waals surface area contributed by atoms with Crippen LogP contribution in [0.3, 0.4) is 0 Å². The molecule has 4 saturated heterocycles. The number of nitrogens with two attached hydrogens (primary N) is 1. The van der Waals surface area contributed by atoms with Crippen molar-refractivity contribution in [3.05, 3.63) is 107 Å². The van der Waals surface area contributed by atoms with Crippen molar-refractivity contribution in [1.82, 2.24) is 35.0 Å². The fourth-order valence-corrected chi connectivity index (χ4v) is 10.8. The van der Waals surface area contributed by atoms with E-state index in [9.17, 15) is 14.4 Å². The molecule has 3 amide bonds. The molecule has 13 heteroatoms. The zero-order valence-electron chi connectivity index (χ0n) is 36.6. The summed E-state index contributed by atoms with van der Waals surface area (Å²) in [4.78, 5) is 57.9. The Morgan fingerprint density at radius 3 is 2.33 bits per heavy atom. The van der Waals surface area contributed by atoms with Crippen molar-refractivity contribution in [2.75, 3.05) is 56.9 Å². The number of likely N-dealkylation sites (tertiary alicyclic amines) is 3. The van der Waals surface area contributed by atoms with Crippen LogP contribution >= 0.6 is 0 Å². The van der Waals surface area contributed by atoms with E-state index in [0.29, 0.717) is 47.4 Å². The zero-order valence-corrected chi connectivity index (χ0v) is 36.6. The standard InChI is InChI=1S/C50H60FN9O3/c1-31-25-45-42(40(11-18-53-45)38-7-9-46(52)54-28-38)27-41(31)32(2)59-23-16-35(17-24-59)34-3-5-37(6-4-34)50(63)60-21-12-33(13-22-60)30-58-19-14-36(15-20-58)48-43(51)26-39(29-55-48)56-44-8-10-47(61)57-49(44)62/h3-7,9,11,18,26-29,31-33,35-36,44,56H,8,10,12-17,19-25,30H2,1-2H3,(H2,52,54)(H,57,61,62)/t31?,32-,44?/m0/s1. The summed E-state index contributed by atoms with van der Waals surface area (Å²) >= 11 is 0. The first-order valence-corrected chi connectivity index (χ1v) is 23.1. The molecule has 4 aliphatic heterocycles. The van der Waals surface area contributed by atoms with Crippen LogP contribution in [0.2, 0.25) is 0 Å². The molecule has 3 aromatic heterocycles. The third-order valence-electron chi connectivity index (χ3n) is 14.6. The van der Waals surface area contributed by atoms with Gasteiger partial charge in [0, 0.05) is 78.9 Å². The van der Waals surface area contributed by atoms with Gasteiger partial charge < -0.3 is 20.9 Å². The first-order chi connectivity index (χ1) is 30.6. The molecule has 1 aliphatic carbocycles. The molecule has 4 aromatic rings. The van der Waals surface area contributed by atoms with Gasteiger partial charge in [0.25, 0.3) is 5.91 Å². The third-order valence-corrected chi connectivity index (χ3v) is 14.6. The van der Waals surface area contributed by atoms with Gasteiger partial charge >= 0.3 is 0 Å². The van der Waals surface area contributed by atoms with Crippen LogP contribution in [-0.2, 0) is 16.0 Å². The Bertz CT molecular complexity index is 2330. The van der Waals surface area contributed by atoms with Crippen molar-refractivity contribution in [3.63, 3.8) is 0 Å². The Morgan fingerprint density at radius 1 is 0.889 bits per heavy atom. The van der Waals surface area contributed by atoms with Crippen LogP contribution < -0.4 is 16.4 Å². The highest BCUT2D eigenvalue weighted by atomic mass is 19.1. The van der Waals surface area contributed by atoms with Gasteiger partial charge in [-0.1, -0.05) is 25.1 Å². The number of amides is 3. The highest BCUT2D eigenvalue weighted by molar-refractivity contribution is 6.01. The monoisotopic (exact) mass is 853 g/mol. The van der Waals surface area contributed by atoms with Crippen molar-refractivity contribution in [2.45, 2.75) is 95.6 Å². The van der Waals surface area contributed by atoms with E-state index in [1.54, 1.807) is 6.20 Å². The predicted octanol–water partition coefficient (Wildman–Crippen LogP) is 7.05. The van der Waals surface area contributed by atoms with Gasteiger partial charge in [-0.3, -0.25) is 34.6 Å². The van der Waals surface area contributed by atoms with E-state index in [1.165, 1.54) is 22.8 Å². The van der Waals surface area contributed by atoms with E-state index >= 15 is 4.39 Å². The maximum absolute atomic E-state index is 15.2. The fraction of sp³-hybridized carbons (Fsp3) is 0.480. The number of carbonyl (C=O) groups excluding carboxylic acids is 3. The number of anilines is 2. The van der Waals surface area contributed by atoms with Gasteiger partial charge in [0.1, 0.15) is 17.7 Å². The smallest absolute Gasteiger partial charge is 0.253 e. The van der Waals surface area contributed by atoms with Crippen molar-refractivity contribution in [1.29, 1.82) is 0 Å². The molecule has 4 fully saturated rings. The molecule has 0 saturated carbocycles. The van der Waals surface area contributed by atoms with Gasteiger partial charge in [0.15, 0.2) is 0 Å². The number of carbonyl (C=O) groups is 3. The summed E-state index contributed by atoms with van der Waals surface area (Å²) in [6, 6.07) is 15.6. The molecule has 4 N–H and O–H groups in total. The highest BCUT2D eigenvalue weighted by Crippen LogP contribution is 2.38. The number of piperidine rings is 4. The maximum Gasteiger partial charge on any atom is 0.253 e. The van der Waals surface area contributed by atoms with Gasteiger partial charge in [-0.15, -0.1) is 0 Å². The number of hydrogen-bond acceptors (Lipinski definition) is 10. The molecule has 2 unspecified atom stereocenters. The van der Waals surface area contributed by atoms with E-state index in [4.69, 9.17) is 10.7 Å². The number of nitrogens with one attached hydrogen (secondary N) is 2. The van der Waals surface area contributed by atoms with Crippen LogP contribution in [0.4, 0.5) is 15.9 Å². The normalized spacial score (nSPS) is 22.6. The SMILES string of the molecule is CC1Cc2nccc(-c3ccc(N)nc3)c2C=C1[C@H](C)N1CCC(c2ccc(C(=O)N3CCC(CN4CCC(c5ncc(NC6CCC(=O)NC6=O)cc5F)CC4)CC3)cc2)CC1. The van der Waals surface area contributed by atoms with E-state index < -0.39 is 11.9 Å². The first-order valence-electron chi connectivity index (χ1n) is 23.1. The van der Waals surface area contributed by atoms with Crippen molar-refractivity contribution >= 4 is 35.3 Å². The van der Waals surface area contributed by atoms with Crippen LogP contribution in [0.5, 0.6) is 0 Å². The molecule has 7 heterocycles. The number of aromatic nitrogens is 3. The van der Waals surface area contributed by atoms with Crippen molar-refractivity contribution in [2.24, 2.45) is 11.8 Å². The Balaban J connectivity index is 0.715. The lowest BCUT2D eigenvalue weighted by Gasteiger charge is -2.39. The summed E-state index contributed by atoms with van der Waals surface area (Å²) in [6.07, 6.45) is 15.1. The molecule has 3 atom stereocenters. The minimum atomic E-state index is -0.575. The second kappa shape index (κ2) is 18.7. The predicted molar refractivity (Wildman–Crippen MR) is 243 cm³/mol. The summed E-state index contributed by atoms with van der Waals surface area (Å²) in [6.45, 7) is 11.1. The second-order valence-electron chi connectivity index (χ2n) is 18.6. The van der Waals surface area contributed by atoms with Gasteiger partial charge in [0.05, 0.1) is 17.6 Å². The number of fused-ring (bicyclic) bond motifs is 1. The number of rotatable bonds is 10. The molecular weight excluding hydrogens is 794 g/mol. The van der Waals surface area contributed by atoms with Crippen LogP contribution in [0.25, 0.3) is 17.2 Å². The number of nitrogen functional groups attached to an aromatic ring is 1. The molecule has 0 spiro atoms. The lowest BCUT2D eigenvalue weighted by Crippen LogP contribution is -2.47. The third kappa shape index (κ3) is 9.55. The molecule has 5 aliphatic rings. The summed E-state index contributed by atoms with van der Waals surface area (Å²) in [5.74, 6) is 1.09.